The van der Waals surface area contributed by atoms with E-state index in [0.29, 0.717) is 0 Å². The smallest absolute Gasteiger partial charge is 0.0590 e. The average molecular weight is 247 g/mol. The summed E-state index contributed by atoms with van der Waals surface area (Å²) in [5.41, 5.74) is 0. The Bertz CT molecular complexity index is 133. The van der Waals surface area contributed by atoms with Gasteiger partial charge in [0.05, 0.1) is 6.61 Å². The average Bonchev–Trinajstić information content (AvgIpc) is 2.31. The van der Waals surface area contributed by atoms with Crippen molar-refractivity contribution >= 4 is 11.8 Å². The van der Waals surface area contributed by atoms with Gasteiger partial charge in [0.15, 0.2) is 0 Å². The zero-order chi connectivity index (χ0) is 12.1. The lowest BCUT2D eigenvalue weighted by Crippen LogP contribution is -2.22. The van der Waals surface area contributed by atoms with E-state index in [4.69, 9.17) is 4.74 Å². The van der Waals surface area contributed by atoms with Crippen molar-refractivity contribution in [1.82, 2.24) is 5.32 Å². The molecule has 0 aliphatic rings. The van der Waals surface area contributed by atoms with Crippen molar-refractivity contribution in [3.05, 3.63) is 0 Å². The molecule has 0 spiro atoms. The Morgan fingerprint density at radius 3 is 2.69 bits per heavy atom. The van der Waals surface area contributed by atoms with Gasteiger partial charge in [0.25, 0.3) is 0 Å². The molecule has 0 aliphatic carbocycles. The van der Waals surface area contributed by atoms with E-state index < -0.39 is 0 Å². The van der Waals surface area contributed by atoms with Crippen LogP contribution in [0.5, 0.6) is 0 Å². The molecule has 0 aliphatic heterocycles. The number of thioether (sulfide) groups is 1. The monoisotopic (exact) mass is 247 g/mol. The molecular weight excluding hydrogens is 218 g/mol. The van der Waals surface area contributed by atoms with Gasteiger partial charge in [0.2, 0.25) is 0 Å². The van der Waals surface area contributed by atoms with Crippen LogP contribution in [0.3, 0.4) is 0 Å². The highest BCUT2D eigenvalue weighted by atomic mass is 32.2. The topological polar surface area (TPSA) is 21.3 Å². The lowest BCUT2D eigenvalue weighted by Gasteiger charge is -2.08. The first-order chi connectivity index (χ1) is 7.81. The molecule has 0 saturated heterocycles. The minimum atomic E-state index is 0.857. The van der Waals surface area contributed by atoms with Crippen molar-refractivity contribution < 1.29 is 4.74 Å². The first-order valence-corrected chi connectivity index (χ1v) is 7.82. The molecule has 0 radical (unpaired) electrons. The summed E-state index contributed by atoms with van der Waals surface area (Å²) in [4.78, 5) is 0. The highest BCUT2D eigenvalue weighted by Gasteiger charge is 1.97. The summed E-state index contributed by atoms with van der Waals surface area (Å²) >= 11 is 2.05. The van der Waals surface area contributed by atoms with Crippen molar-refractivity contribution in [3.8, 4) is 0 Å². The maximum Gasteiger partial charge on any atom is 0.0590 e. The second-order valence-electron chi connectivity index (χ2n) is 4.30. The SMILES string of the molecule is CCCCOCCNCCSCC(C)CC. The molecule has 0 saturated carbocycles. The van der Waals surface area contributed by atoms with Crippen molar-refractivity contribution in [3.63, 3.8) is 0 Å². The van der Waals surface area contributed by atoms with Crippen molar-refractivity contribution in [1.29, 1.82) is 0 Å². The molecule has 0 heterocycles. The lowest BCUT2D eigenvalue weighted by atomic mass is 10.2. The number of ether oxygens (including phenoxy) is 1. The molecule has 0 fully saturated rings. The van der Waals surface area contributed by atoms with E-state index in [1.165, 1.54) is 30.8 Å². The van der Waals surface area contributed by atoms with E-state index in [-0.39, 0.29) is 0 Å². The Balaban J connectivity index is 2.93. The quantitative estimate of drug-likeness (QED) is 0.535. The highest BCUT2D eigenvalue weighted by molar-refractivity contribution is 7.99. The van der Waals surface area contributed by atoms with E-state index in [1.54, 1.807) is 0 Å². The number of hydrogen-bond acceptors (Lipinski definition) is 3. The van der Waals surface area contributed by atoms with E-state index in [1.807, 2.05) is 0 Å². The summed E-state index contributed by atoms with van der Waals surface area (Å²) in [7, 11) is 0. The summed E-state index contributed by atoms with van der Waals surface area (Å²) in [5, 5.41) is 3.41. The summed E-state index contributed by atoms with van der Waals surface area (Å²) in [6, 6.07) is 0. The molecule has 16 heavy (non-hydrogen) atoms. The second-order valence-corrected chi connectivity index (χ2v) is 5.45. The molecule has 0 aromatic heterocycles. The van der Waals surface area contributed by atoms with Gasteiger partial charge in [0.1, 0.15) is 0 Å². The molecule has 1 N–H and O–H groups in total. The van der Waals surface area contributed by atoms with E-state index in [0.717, 1.165) is 32.2 Å². The van der Waals surface area contributed by atoms with Crippen molar-refractivity contribution in [2.24, 2.45) is 5.92 Å². The van der Waals surface area contributed by atoms with Gasteiger partial charge in [-0.1, -0.05) is 33.6 Å². The van der Waals surface area contributed by atoms with Crippen LogP contribution in [0.1, 0.15) is 40.0 Å². The predicted octanol–water partition coefficient (Wildman–Crippen LogP) is 3.17. The zero-order valence-corrected chi connectivity index (χ0v) is 12.1. The van der Waals surface area contributed by atoms with Gasteiger partial charge in [-0.15, -0.1) is 0 Å². The van der Waals surface area contributed by atoms with Gasteiger partial charge in [-0.2, -0.15) is 11.8 Å². The molecule has 0 aromatic carbocycles. The Morgan fingerprint density at radius 2 is 2.00 bits per heavy atom. The van der Waals surface area contributed by atoms with Gasteiger partial charge in [-0.25, -0.2) is 0 Å². The first-order valence-electron chi connectivity index (χ1n) is 6.67. The predicted molar refractivity (Wildman–Crippen MR) is 75.4 cm³/mol. The van der Waals surface area contributed by atoms with E-state index in [2.05, 4.69) is 37.8 Å². The first kappa shape index (κ1) is 16.3. The molecule has 1 atom stereocenters. The highest BCUT2D eigenvalue weighted by Crippen LogP contribution is 2.09. The van der Waals surface area contributed by atoms with Gasteiger partial charge in [0, 0.05) is 25.4 Å². The van der Waals surface area contributed by atoms with Crippen LogP contribution in [0.25, 0.3) is 0 Å². The standard InChI is InChI=1S/C13H29NOS/c1-4-6-9-15-10-7-14-8-11-16-12-13(3)5-2/h13-14H,4-12H2,1-3H3. The zero-order valence-electron chi connectivity index (χ0n) is 11.3. The minimum Gasteiger partial charge on any atom is -0.380 e. The lowest BCUT2D eigenvalue weighted by molar-refractivity contribution is 0.133. The molecular formula is C13H29NOS. The molecule has 98 valence electrons. The molecule has 1 unspecified atom stereocenters. The fraction of sp³-hybridized carbons (Fsp3) is 1.00. The Kier molecular flexibility index (Phi) is 13.6. The third kappa shape index (κ3) is 12.3. The van der Waals surface area contributed by atoms with Gasteiger partial charge in [-0.05, 0) is 18.1 Å². The molecule has 3 heteroatoms. The fourth-order valence-corrected chi connectivity index (χ4v) is 2.26. The molecule has 0 bridgehead atoms. The van der Waals surface area contributed by atoms with Gasteiger partial charge in [-0.3, -0.25) is 0 Å². The second kappa shape index (κ2) is 13.3. The number of unbranched alkanes of at least 4 members (excludes halogenated alkanes) is 1. The van der Waals surface area contributed by atoms with Gasteiger partial charge >= 0.3 is 0 Å². The molecule has 2 nitrogen and oxygen atoms in total. The van der Waals surface area contributed by atoms with Crippen LogP contribution in [-0.2, 0) is 4.74 Å². The molecule has 0 rings (SSSR count). The summed E-state index contributed by atoms with van der Waals surface area (Å²) in [5.74, 6) is 3.38. The number of hydrogen-bond donors (Lipinski definition) is 1. The number of nitrogens with one attached hydrogen (secondary N) is 1. The van der Waals surface area contributed by atoms with Crippen LogP contribution < -0.4 is 5.32 Å². The molecule has 0 aromatic rings. The van der Waals surface area contributed by atoms with Crippen LogP contribution >= 0.6 is 11.8 Å². The summed E-state index contributed by atoms with van der Waals surface area (Å²) in [6.07, 6.45) is 3.70. The minimum absolute atomic E-state index is 0.857. The Morgan fingerprint density at radius 1 is 1.19 bits per heavy atom. The third-order valence-electron chi connectivity index (χ3n) is 2.59. The summed E-state index contributed by atoms with van der Waals surface area (Å²) < 4.78 is 5.47. The summed E-state index contributed by atoms with van der Waals surface area (Å²) in [6.45, 7) is 10.7. The van der Waals surface area contributed by atoms with E-state index >= 15 is 0 Å². The Hall–Kier alpha value is 0.270. The third-order valence-corrected chi connectivity index (χ3v) is 3.89. The van der Waals surface area contributed by atoms with Crippen LogP contribution in [0.2, 0.25) is 0 Å². The largest absolute Gasteiger partial charge is 0.380 e. The maximum atomic E-state index is 5.47. The number of rotatable bonds is 12. The normalized spacial score (nSPS) is 12.9. The van der Waals surface area contributed by atoms with Crippen LogP contribution in [0.15, 0.2) is 0 Å². The fourth-order valence-electron chi connectivity index (χ4n) is 1.16. The van der Waals surface area contributed by atoms with E-state index in [9.17, 15) is 0 Å². The van der Waals surface area contributed by atoms with Crippen LogP contribution in [0.4, 0.5) is 0 Å². The van der Waals surface area contributed by atoms with Crippen molar-refractivity contribution in [2.45, 2.75) is 40.0 Å². The van der Waals surface area contributed by atoms with Crippen molar-refractivity contribution in [2.75, 3.05) is 37.8 Å². The van der Waals surface area contributed by atoms with Gasteiger partial charge < -0.3 is 10.1 Å². The van der Waals surface area contributed by atoms with Crippen LogP contribution in [-0.4, -0.2) is 37.8 Å². The molecule has 0 amide bonds. The van der Waals surface area contributed by atoms with Crippen LogP contribution in [0, 0.1) is 5.92 Å². The maximum absolute atomic E-state index is 5.47. The Labute approximate surface area is 106 Å².